The SMILES string of the molecule is O=C(O)c1cc(S(=O)(=O)NCC2CCC2)cs1. The molecule has 94 valence electrons. The number of hydrogen-bond donors (Lipinski definition) is 2. The Labute approximate surface area is 104 Å². The van der Waals surface area contributed by atoms with Crippen LogP contribution in [0.1, 0.15) is 28.9 Å². The van der Waals surface area contributed by atoms with Gasteiger partial charge in [-0.25, -0.2) is 17.9 Å². The average molecular weight is 275 g/mol. The van der Waals surface area contributed by atoms with Crippen molar-refractivity contribution in [2.75, 3.05) is 6.54 Å². The van der Waals surface area contributed by atoms with E-state index in [1.807, 2.05) is 0 Å². The van der Waals surface area contributed by atoms with E-state index in [0.717, 1.165) is 30.6 Å². The van der Waals surface area contributed by atoms with Crippen molar-refractivity contribution in [3.8, 4) is 0 Å². The van der Waals surface area contributed by atoms with Crippen LogP contribution < -0.4 is 4.72 Å². The first-order chi connectivity index (χ1) is 7.99. The third kappa shape index (κ3) is 2.85. The van der Waals surface area contributed by atoms with Gasteiger partial charge >= 0.3 is 5.97 Å². The zero-order valence-corrected chi connectivity index (χ0v) is 10.7. The van der Waals surface area contributed by atoms with Gasteiger partial charge in [0.25, 0.3) is 0 Å². The van der Waals surface area contributed by atoms with E-state index in [-0.39, 0.29) is 9.77 Å². The first kappa shape index (κ1) is 12.5. The smallest absolute Gasteiger partial charge is 0.345 e. The molecule has 7 heteroatoms. The van der Waals surface area contributed by atoms with Crippen LogP contribution in [0, 0.1) is 5.92 Å². The number of nitrogens with one attached hydrogen (secondary N) is 1. The second-order valence-corrected chi connectivity index (χ2v) is 6.78. The minimum Gasteiger partial charge on any atom is -0.477 e. The zero-order chi connectivity index (χ0) is 12.5. The fourth-order valence-corrected chi connectivity index (χ4v) is 3.81. The van der Waals surface area contributed by atoms with Gasteiger partial charge in [0, 0.05) is 11.9 Å². The molecule has 17 heavy (non-hydrogen) atoms. The van der Waals surface area contributed by atoms with Crippen molar-refractivity contribution >= 4 is 27.3 Å². The predicted octanol–water partition coefficient (Wildman–Crippen LogP) is 1.52. The van der Waals surface area contributed by atoms with Crippen LogP contribution in [0.2, 0.25) is 0 Å². The number of carboxylic acid groups (broad SMARTS) is 1. The standard InChI is InChI=1S/C10H13NO4S2/c12-10(13)9-4-8(6-16-9)17(14,15)11-5-7-2-1-3-7/h4,6-7,11H,1-3,5H2,(H,12,13). The molecule has 0 bridgehead atoms. The average Bonchev–Trinajstić information content (AvgIpc) is 2.63. The first-order valence-electron chi connectivity index (χ1n) is 5.30. The van der Waals surface area contributed by atoms with E-state index in [4.69, 9.17) is 5.11 Å². The molecule has 0 aromatic carbocycles. The molecule has 0 atom stereocenters. The number of carboxylic acids is 1. The molecule has 0 spiro atoms. The summed E-state index contributed by atoms with van der Waals surface area (Å²) < 4.78 is 26.1. The molecular weight excluding hydrogens is 262 g/mol. The van der Waals surface area contributed by atoms with Crippen molar-refractivity contribution in [2.24, 2.45) is 5.92 Å². The summed E-state index contributed by atoms with van der Waals surface area (Å²) in [5.74, 6) is -0.669. The summed E-state index contributed by atoms with van der Waals surface area (Å²) in [6.45, 7) is 0.445. The van der Waals surface area contributed by atoms with Crippen molar-refractivity contribution in [2.45, 2.75) is 24.2 Å². The summed E-state index contributed by atoms with van der Waals surface area (Å²) in [7, 11) is -3.55. The van der Waals surface area contributed by atoms with Gasteiger partial charge in [-0.1, -0.05) is 6.42 Å². The number of rotatable bonds is 5. The van der Waals surface area contributed by atoms with Crippen LogP contribution in [0.15, 0.2) is 16.3 Å². The van der Waals surface area contributed by atoms with Gasteiger partial charge in [0.05, 0.1) is 4.90 Å². The number of hydrogen-bond acceptors (Lipinski definition) is 4. The highest BCUT2D eigenvalue weighted by atomic mass is 32.2. The van der Waals surface area contributed by atoms with Crippen molar-refractivity contribution in [3.05, 3.63) is 16.3 Å². The van der Waals surface area contributed by atoms with Gasteiger partial charge in [-0.3, -0.25) is 0 Å². The number of carbonyl (C=O) groups is 1. The maximum absolute atomic E-state index is 11.8. The van der Waals surface area contributed by atoms with Crippen LogP contribution in [-0.4, -0.2) is 26.0 Å². The summed E-state index contributed by atoms with van der Waals surface area (Å²) in [6, 6.07) is 1.19. The molecule has 2 rings (SSSR count). The van der Waals surface area contributed by atoms with Gasteiger partial charge < -0.3 is 5.11 Å². The molecule has 5 nitrogen and oxygen atoms in total. The molecule has 1 aliphatic carbocycles. The minimum absolute atomic E-state index is 0.0361. The number of sulfonamides is 1. The second-order valence-electron chi connectivity index (χ2n) is 4.10. The predicted molar refractivity (Wildman–Crippen MR) is 63.8 cm³/mol. The van der Waals surface area contributed by atoms with E-state index in [1.165, 1.54) is 11.4 Å². The van der Waals surface area contributed by atoms with Crippen LogP contribution in [0.25, 0.3) is 0 Å². The van der Waals surface area contributed by atoms with Crippen LogP contribution in [0.4, 0.5) is 0 Å². The summed E-state index contributed by atoms with van der Waals surface area (Å²) in [6.07, 6.45) is 3.28. The molecule has 2 N–H and O–H groups in total. The minimum atomic E-state index is -3.55. The fourth-order valence-electron chi connectivity index (χ4n) is 1.58. The van der Waals surface area contributed by atoms with Crippen LogP contribution in [0.5, 0.6) is 0 Å². The van der Waals surface area contributed by atoms with Gasteiger partial charge in [0.15, 0.2) is 0 Å². The highest BCUT2D eigenvalue weighted by Crippen LogP contribution is 2.26. The normalized spacial score (nSPS) is 16.7. The van der Waals surface area contributed by atoms with Crippen LogP contribution in [0.3, 0.4) is 0 Å². The molecule has 1 heterocycles. The molecule has 1 aromatic heterocycles. The maximum Gasteiger partial charge on any atom is 0.345 e. The van der Waals surface area contributed by atoms with E-state index >= 15 is 0 Å². The van der Waals surface area contributed by atoms with E-state index in [0.29, 0.717) is 12.5 Å². The third-order valence-corrected chi connectivity index (χ3v) is 5.35. The molecular formula is C10H13NO4S2. The number of aromatic carboxylic acids is 1. The highest BCUT2D eigenvalue weighted by Gasteiger charge is 2.22. The summed E-state index contributed by atoms with van der Waals surface area (Å²) in [4.78, 5) is 10.7. The lowest BCUT2D eigenvalue weighted by Crippen LogP contribution is -2.32. The lowest BCUT2D eigenvalue weighted by molar-refractivity contribution is 0.0702. The molecule has 0 radical (unpaired) electrons. The quantitative estimate of drug-likeness (QED) is 0.853. The van der Waals surface area contributed by atoms with Crippen molar-refractivity contribution in [1.29, 1.82) is 0 Å². The van der Waals surface area contributed by atoms with E-state index in [9.17, 15) is 13.2 Å². The van der Waals surface area contributed by atoms with E-state index < -0.39 is 16.0 Å². The Morgan fingerprint density at radius 3 is 2.71 bits per heavy atom. The zero-order valence-electron chi connectivity index (χ0n) is 9.05. The second kappa shape index (κ2) is 4.75. The Bertz CT molecular complexity index is 516. The summed E-state index contributed by atoms with van der Waals surface area (Å²) in [5.41, 5.74) is 0. The van der Waals surface area contributed by atoms with Crippen LogP contribution in [-0.2, 0) is 10.0 Å². The molecule has 0 aliphatic heterocycles. The third-order valence-electron chi connectivity index (χ3n) is 2.88. The molecule has 0 saturated heterocycles. The Morgan fingerprint density at radius 1 is 1.53 bits per heavy atom. The fraction of sp³-hybridized carbons (Fsp3) is 0.500. The largest absolute Gasteiger partial charge is 0.477 e. The lowest BCUT2D eigenvalue weighted by Gasteiger charge is -2.25. The molecule has 0 unspecified atom stereocenters. The Kier molecular flexibility index (Phi) is 3.50. The molecule has 1 fully saturated rings. The monoisotopic (exact) mass is 275 g/mol. The molecule has 1 saturated carbocycles. The summed E-state index contributed by atoms with van der Waals surface area (Å²) >= 11 is 0.920. The Hall–Kier alpha value is -0.920. The Morgan fingerprint density at radius 2 is 2.24 bits per heavy atom. The van der Waals surface area contributed by atoms with Crippen molar-refractivity contribution in [1.82, 2.24) is 4.72 Å². The lowest BCUT2D eigenvalue weighted by atomic mass is 9.86. The van der Waals surface area contributed by atoms with Crippen molar-refractivity contribution in [3.63, 3.8) is 0 Å². The Balaban J connectivity index is 2.04. The molecule has 1 aliphatic rings. The number of thiophene rings is 1. The first-order valence-corrected chi connectivity index (χ1v) is 7.67. The van der Waals surface area contributed by atoms with Crippen molar-refractivity contribution < 1.29 is 18.3 Å². The maximum atomic E-state index is 11.8. The van der Waals surface area contributed by atoms with E-state index in [2.05, 4.69) is 4.72 Å². The topological polar surface area (TPSA) is 83.5 Å². The van der Waals surface area contributed by atoms with Gasteiger partial charge in [-0.05, 0) is 24.8 Å². The van der Waals surface area contributed by atoms with Gasteiger partial charge in [0.1, 0.15) is 4.88 Å². The van der Waals surface area contributed by atoms with E-state index in [1.54, 1.807) is 0 Å². The highest BCUT2D eigenvalue weighted by molar-refractivity contribution is 7.89. The summed E-state index contributed by atoms with van der Waals surface area (Å²) in [5, 5.41) is 10.1. The molecule has 1 aromatic rings. The van der Waals surface area contributed by atoms with Crippen LogP contribution >= 0.6 is 11.3 Å². The van der Waals surface area contributed by atoms with Gasteiger partial charge in [-0.2, -0.15) is 0 Å². The van der Waals surface area contributed by atoms with Gasteiger partial charge in [0.2, 0.25) is 10.0 Å². The molecule has 0 amide bonds. The van der Waals surface area contributed by atoms with Gasteiger partial charge in [-0.15, -0.1) is 11.3 Å².